The second-order valence-corrected chi connectivity index (χ2v) is 4.67. The Morgan fingerprint density at radius 1 is 1.41 bits per heavy atom. The van der Waals surface area contributed by atoms with E-state index >= 15 is 0 Å². The van der Waals surface area contributed by atoms with Crippen molar-refractivity contribution in [1.29, 1.82) is 0 Å². The van der Waals surface area contributed by atoms with Gasteiger partial charge in [0.2, 0.25) is 0 Å². The Balaban J connectivity index is 2.06. The van der Waals surface area contributed by atoms with Crippen LogP contribution in [0.25, 0.3) is 0 Å². The molecule has 1 aromatic rings. The zero-order valence-corrected chi connectivity index (χ0v) is 10.2. The summed E-state index contributed by atoms with van der Waals surface area (Å²) in [5, 5.41) is 0. The molecule has 2 nitrogen and oxygen atoms in total. The van der Waals surface area contributed by atoms with Crippen LogP contribution in [0, 0.1) is 11.7 Å². The van der Waals surface area contributed by atoms with Crippen molar-refractivity contribution in [2.45, 2.75) is 26.2 Å². The predicted molar refractivity (Wildman–Crippen MR) is 65.3 cm³/mol. The second kappa shape index (κ2) is 5.30. The molecule has 1 saturated heterocycles. The van der Waals surface area contributed by atoms with E-state index < -0.39 is 0 Å². The van der Waals surface area contributed by atoms with Crippen LogP contribution in [-0.4, -0.2) is 23.9 Å². The highest BCUT2D eigenvalue weighted by Gasteiger charge is 2.23. The molecule has 0 aromatic heterocycles. The minimum absolute atomic E-state index is 0.0307. The van der Waals surface area contributed by atoms with Gasteiger partial charge in [-0.2, -0.15) is 0 Å². The smallest absolute Gasteiger partial charge is 0.253 e. The first-order valence-corrected chi connectivity index (χ1v) is 6.25. The predicted octanol–water partition coefficient (Wildman–Crippen LogP) is 3.09. The van der Waals surface area contributed by atoms with Gasteiger partial charge in [0, 0.05) is 18.7 Å². The van der Waals surface area contributed by atoms with E-state index in [1.807, 2.05) is 4.90 Å². The Morgan fingerprint density at radius 2 is 2.12 bits per heavy atom. The summed E-state index contributed by atoms with van der Waals surface area (Å²) in [7, 11) is 0. The normalized spacial score (nSPS) is 20.4. The van der Waals surface area contributed by atoms with E-state index in [9.17, 15) is 9.18 Å². The molecule has 0 aliphatic carbocycles. The minimum Gasteiger partial charge on any atom is -0.338 e. The maximum atomic E-state index is 12.8. The Kier molecular flexibility index (Phi) is 3.77. The van der Waals surface area contributed by atoms with E-state index in [0.29, 0.717) is 11.5 Å². The molecule has 0 N–H and O–H groups in total. The van der Waals surface area contributed by atoms with E-state index in [-0.39, 0.29) is 11.7 Å². The van der Waals surface area contributed by atoms with Gasteiger partial charge in [0.25, 0.3) is 5.91 Å². The number of rotatable bonds is 2. The van der Waals surface area contributed by atoms with Crippen molar-refractivity contribution in [3.63, 3.8) is 0 Å². The van der Waals surface area contributed by atoms with Gasteiger partial charge in [-0.25, -0.2) is 4.39 Å². The molecule has 1 aromatic carbocycles. The van der Waals surface area contributed by atoms with E-state index in [1.54, 1.807) is 12.1 Å². The number of hydrogen-bond acceptors (Lipinski definition) is 1. The van der Waals surface area contributed by atoms with Gasteiger partial charge in [-0.1, -0.05) is 13.3 Å². The monoisotopic (exact) mass is 235 g/mol. The molecule has 1 fully saturated rings. The van der Waals surface area contributed by atoms with Crippen LogP contribution in [0.4, 0.5) is 4.39 Å². The highest BCUT2D eigenvalue weighted by molar-refractivity contribution is 5.94. The summed E-state index contributed by atoms with van der Waals surface area (Å²) in [6.45, 7) is 3.83. The quantitative estimate of drug-likeness (QED) is 0.771. The highest BCUT2D eigenvalue weighted by Crippen LogP contribution is 2.20. The maximum absolute atomic E-state index is 12.8. The summed E-state index contributed by atoms with van der Waals surface area (Å²) < 4.78 is 12.8. The van der Waals surface area contributed by atoms with E-state index in [2.05, 4.69) is 6.92 Å². The summed E-state index contributed by atoms with van der Waals surface area (Å²) in [5.41, 5.74) is 0.586. The van der Waals surface area contributed by atoms with E-state index in [4.69, 9.17) is 0 Å². The Hall–Kier alpha value is -1.38. The molecule has 3 heteroatoms. The molecule has 17 heavy (non-hydrogen) atoms. The van der Waals surface area contributed by atoms with E-state index in [0.717, 1.165) is 25.9 Å². The van der Waals surface area contributed by atoms with Crippen molar-refractivity contribution in [3.8, 4) is 0 Å². The van der Waals surface area contributed by atoms with Crippen LogP contribution in [0.5, 0.6) is 0 Å². The SMILES string of the molecule is CCC1CCCN(C(=O)c2ccc(F)cc2)C1. The summed E-state index contributed by atoms with van der Waals surface area (Å²) >= 11 is 0. The highest BCUT2D eigenvalue weighted by atomic mass is 19.1. The van der Waals surface area contributed by atoms with Crippen LogP contribution in [0.15, 0.2) is 24.3 Å². The lowest BCUT2D eigenvalue weighted by molar-refractivity contribution is 0.0671. The standard InChI is InChI=1S/C14H18FNO/c1-2-11-4-3-9-16(10-11)14(17)12-5-7-13(15)8-6-12/h5-8,11H,2-4,9-10H2,1H3. The number of benzene rings is 1. The van der Waals surface area contributed by atoms with Gasteiger partial charge >= 0.3 is 0 Å². The maximum Gasteiger partial charge on any atom is 0.253 e. The third kappa shape index (κ3) is 2.84. The molecule has 1 aliphatic rings. The van der Waals surface area contributed by atoms with Gasteiger partial charge in [0.05, 0.1) is 0 Å². The first kappa shape index (κ1) is 12.1. The number of piperidine rings is 1. The Labute approximate surface area is 101 Å². The number of halogens is 1. The second-order valence-electron chi connectivity index (χ2n) is 4.67. The van der Waals surface area contributed by atoms with Gasteiger partial charge in [0.15, 0.2) is 0 Å². The molecule has 0 spiro atoms. The van der Waals surface area contributed by atoms with Gasteiger partial charge in [-0.15, -0.1) is 0 Å². The minimum atomic E-state index is -0.299. The number of nitrogens with zero attached hydrogens (tertiary/aromatic N) is 1. The van der Waals surface area contributed by atoms with Crippen molar-refractivity contribution >= 4 is 5.91 Å². The van der Waals surface area contributed by atoms with Gasteiger partial charge in [0.1, 0.15) is 5.82 Å². The molecule has 1 heterocycles. The van der Waals surface area contributed by atoms with E-state index in [1.165, 1.54) is 18.6 Å². The van der Waals surface area contributed by atoms with Gasteiger partial charge in [-0.3, -0.25) is 4.79 Å². The third-order valence-electron chi connectivity index (χ3n) is 3.47. The van der Waals surface area contributed by atoms with Crippen molar-refractivity contribution in [2.75, 3.05) is 13.1 Å². The molecule has 0 radical (unpaired) electrons. The summed E-state index contributed by atoms with van der Waals surface area (Å²) in [4.78, 5) is 14.1. The number of likely N-dealkylation sites (tertiary alicyclic amines) is 1. The fourth-order valence-corrected chi connectivity index (χ4v) is 2.36. The zero-order valence-electron chi connectivity index (χ0n) is 10.2. The van der Waals surface area contributed by atoms with Crippen LogP contribution >= 0.6 is 0 Å². The average Bonchev–Trinajstić information content (AvgIpc) is 2.39. The molecule has 2 rings (SSSR count). The molecule has 0 saturated carbocycles. The van der Waals surface area contributed by atoms with Crippen LogP contribution in [0.3, 0.4) is 0 Å². The Bertz CT molecular complexity index is 388. The number of carbonyl (C=O) groups is 1. The van der Waals surface area contributed by atoms with Crippen molar-refractivity contribution in [3.05, 3.63) is 35.6 Å². The lowest BCUT2D eigenvalue weighted by Gasteiger charge is -2.32. The number of hydrogen-bond donors (Lipinski definition) is 0. The first-order valence-electron chi connectivity index (χ1n) is 6.25. The molecular formula is C14H18FNO. The summed E-state index contributed by atoms with van der Waals surface area (Å²) in [6.07, 6.45) is 3.41. The molecule has 1 atom stereocenters. The molecule has 1 amide bonds. The number of amides is 1. The van der Waals surface area contributed by atoms with Crippen molar-refractivity contribution in [2.24, 2.45) is 5.92 Å². The lowest BCUT2D eigenvalue weighted by atomic mass is 9.95. The fraction of sp³-hybridized carbons (Fsp3) is 0.500. The Morgan fingerprint density at radius 3 is 2.76 bits per heavy atom. The first-order chi connectivity index (χ1) is 8.20. The molecule has 1 aliphatic heterocycles. The van der Waals surface area contributed by atoms with Gasteiger partial charge in [-0.05, 0) is 43.0 Å². The summed E-state index contributed by atoms with van der Waals surface area (Å²) in [5.74, 6) is 0.350. The molecule has 92 valence electrons. The van der Waals surface area contributed by atoms with Crippen LogP contribution in [-0.2, 0) is 0 Å². The summed E-state index contributed by atoms with van der Waals surface area (Å²) in [6, 6.07) is 5.81. The molecule has 0 bridgehead atoms. The molecule has 1 unspecified atom stereocenters. The van der Waals surface area contributed by atoms with Gasteiger partial charge < -0.3 is 4.90 Å². The molecular weight excluding hydrogens is 217 g/mol. The largest absolute Gasteiger partial charge is 0.338 e. The lowest BCUT2D eigenvalue weighted by Crippen LogP contribution is -2.39. The van der Waals surface area contributed by atoms with Crippen molar-refractivity contribution < 1.29 is 9.18 Å². The fourth-order valence-electron chi connectivity index (χ4n) is 2.36. The third-order valence-corrected chi connectivity index (χ3v) is 3.47. The topological polar surface area (TPSA) is 20.3 Å². The van der Waals surface area contributed by atoms with Crippen LogP contribution in [0.1, 0.15) is 36.5 Å². The van der Waals surface area contributed by atoms with Crippen LogP contribution < -0.4 is 0 Å². The van der Waals surface area contributed by atoms with Crippen molar-refractivity contribution in [1.82, 2.24) is 4.90 Å². The van der Waals surface area contributed by atoms with Crippen LogP contribution in [0.2, 0.25) is 0 Å². The zero-order chi connectivity index (χ0) is 12.3. The number of carbonyl (C=O) groups excluding carboxylic acids is 1. The average molecular weight is 235 g/mol.